The average molecular weight is 367 g/mol. The fraction of sp³-hybridized carbons (Fsp3) is 0.588. The summed E-state index contributed by atoms with van der Waals surface area (Å²) in [6.07, 6.45) is 3.68. The Bertz CT molecular complexity index is 668. The van der Waals surface area contributed by atoms with Crippen LogP contribution in [0.4, 0.5) is 0 Å². The van der Waals surface area contributed by atoms with E-state index in [4.69, 9.17) is 9.52 Å². The van der Waals surface area contributed by atoms with Crippen molar-refractivity contribution in [1.82, 2.24) is 9.88 Å². The van der Waals surface area contributed by atoms with Gasteiger partial charge >= 0.3 is 0 Å². The van der Waals surface area contributed by atoms with E-state index in [1.54, 1.807) is 0 Å². The van der Waals surface area contributed by atoms with Gasteiger partial charge in [-0.1, -0.05) is 6.92 Å². The summed E-state index contributed by atoms with van der Waals surface area (Å²) in [4.78, 5) is 7.04. The Labute approximate surface area is 139 Å². The van der Waals surface area contributed by atoms with E-state index < -0.39 is 0 Å². The summed E-state index contributed by atoms with van der Waals surface area (Å²) in [6.45, 7) is 6.56. The summed E-state index contributed by atoms with van der Waals surface area (Å²) < 4.78 is 6.94. The first-order valence-electron chi connectivity index (χ1n) is 8.08. The van der Waals surface area contributed by atoms with Crippen LogP contribution in [0, 0.1) is 0 Å². The number of aliphatic hydroxyl groups is 1. The minimum absolute atomic E-state index is 0.255. The van der Waals surface area contributed by atoms with Crippen LogP contribution in [0.1, 0.15) is 37.3 Å². The van der Waals surface area contributed by atoms with Gasteiger partial charge in [0.1, 0.15) is 5.52 Å². The molecule has 0 amide bonds. The molecule has 5 heteroatoms. The van der Waals surface area contributed by atoms with E-state index in [-0.39, 0.29) is 6.61 Å². The van der Waals surface area contributed by atoms with Crippen molar-refractivity contribution in [3.63, 3.8) is 0 Å². The monoisotopic (exact) mass is 366 g/mol. The Morgan fingerprint density at radius 1 is 1.41 bits per heavy atom. The standard InChI is InChI=1S/C17H23BrN2O2/c1-3-15-19-14-10-12-4-7-20(11(2)6-9-21)8-5-13(12)16(18)17(14)22-15/h10-11,21H,3-9H2,1-2H3. The molecule has 0 fully saturated rings. The van der Waals surface area contributed by atoms with Gasteiger partial charge in [0.25, 0.3) is 0 Å². The van der Waals surface area contributed by atoms with E-state index in [1.807, 2.05) is 0 Å². The van der Waals surface area contributed by atoms with E-state index in [1.165, 1.54) is 11.1 Å². The van der Waals surface area contributed by atoms with Crippen LogP contribution < -0.4 is 0 Å². The number of rotatable bonds is 4. The van der Waals surface area contributed by atoms with E-state index in [2.05, 4.69) is 45.7 Å². The van der Waals surface area contributed by atoms with E-state index in [0.717, 1.165) is 60.2 Å². The summed E-state index contributed by atoms with van der Waals surface area (Å²) >= 11 is 3.74. The molecule has 1 aliphatic rings. The molecule has 1 unspecified atom stereocenters. The number of hydrogen-bond donors (Lipinski definition) is 1. The van der Waals surface area contributed by atoms with Gasteiger partial charge in [0, 0.05) is 32.2 Å². The van der Waals surface area contributed by atoms with E-state index >= 15 is 0 Å². The number of halogens is 1. The maximum absolute atomic E-state index is 9.15. The fourth-order valence-electron chi connectivity index (χ4n) is 3.25. The second kappa shape index (κ2) is 6.69. The molecule has 3 rings (SSSR count). The molecule has 1 aromatic carbocycles. The lowest BCUT2D eigenvalue weighted by Gasteiger charge is -2.26. The Kier molecular flexibility index (Phi) is 4.85. The fourth-order valence-corrected chi connectivity index (χ4v) is 3.99. The van der Waals surface area contributed by atoms with Gasteiger partial charge in [-0.15, -0.1) is 0 Å². The largest absolute Gasteiger partial charge is 0.440 e. The zero-order chi connectivity index (χ0) is 15.7. The van der Waals surface area contributed by atoms with Crippen LogP contribution >= 0.6 is 15.9 Å². The van der Waals surface area contributed by atoms with Crippen molar-refractivity contribution in [2.45, 2.75) is 45.6 Å². The van der Waals surface area contributed by atoms with Crippen molar-refractivity contribution in [2.24, 2.45) is 0 Å². The number of aromatic nitrogens is 1. The van der Waals surface area contributed by atoms with Crippen LogP contribution in [0.2, 0.25) is 0 Å². The SMILES string of the molecule is CCc1nc2cc3c(c(Br)c2o1)CCN(C(C)CCO)CC3. The zero-order valence-electron chi connectivity index (χ0n) is 13.2. The van der Waals surface area contributed by atoms with Crippen LogP contribution in [-0.2, 0) is 19.3 Å². The van der Waals surface area contributed by atoms with Gasteiger partial charge in [-0.05, 0) is 59.3 Å². The summed E-state index contributed by atoms with van der Waals surface area (Å²) in [5, 5.41) is 9.15. The molecule has 0 saturated heterocycles. The summed E-state index contributed by atoms with van der Waals surface area (Å²) in [5.74, 6) is 0.800. The highest BCUT2D eigenvalue weighted by atomic mass is 79.9. The lowest BCUT2D eigenvalue weighted by Crippen LogP contribution is -2.35. The minimum Gasteiger partial charge on any atom is -0.440 e. The molecule has 0 spiro atoms. The van der Waals surface area contributed by atoms with Crippen molar-refractivity contribution in [1.29, 1.82) is 0 Å². The number of aryl methyl sites for hydroxylation is 1. The second-order valence-corrected chi connectivity index (χ2v) is 6.83. The summed E-state index contributed by atoms with van der Waals surface area (Å²) in [5.41, 5.74) is 4.56. The molecule has 0 aliphatic carbocycles. The van der Waals surface area contributed by atoms with Gasteiger partial charge in [0.2, 0.25) is 0 Å². The third-order valence-electron chi connectivity index (χ3n) is 4.65. The molecule has 0 bridgehead atoms. The van der Waals surface area contributed by atoms with Crippen molar-refractivity contribution in [3.8, 4) is 0 Å². The van der Waals surface area contributed by atoms with Gasteiger partial charge in [0.05, 0.1) is 4.47 Å². The average Bonchev–Trinajstić information content (AvgIpc) is 2.80. The maximum atomic E-state index is 9.15. The first-order valence-corrected chi connectivity index (χ1v) is 8.88. The van der Waals surface area contributed by atoms with Gasteiger partial charge in [0.15, 0.2) is 11.5 Å². The third-order valence-corrected chi connectivity index (χ3v) is 5.49. The molecule has 2 heterocycles. The number of benzene rings is 1. The highest BCUT2D eigenvalue weighted by molar-refractivity contribution is 9.10. The smallest absolute Gasteiger partial charge is 0.195 e. The van der Waals surface area contributed by atoms with Crippen molar-refractivity contribution >= 4 is 27.0 Å². The Morgan fingerprint density at radius 2 is 2.18 bits per heavy atom. The van der Waals surface area contributed by atoms with Gasteiger partial charge in [-0.25, -0.2) is 4.98 Å². The highest BCUT2D eigenvalue weighted by Gasteiger charge is 2.22. The van der Waals surface area contributed by atoms with Crippen molar-refractivity contribution in [3.05, 3.63) is 27.6 Å². The third kappa shape index (κ3) is 2.94. The van der Waals surface area contributed by atoms with Crippen LogP contribution in [0.5, 0.6) is 0 Å². The number of nitrogens with zero attached hydrogens (tertiary/aromatic N) is 2. The second-order valence-electron chi connectivity index (χ2n) is 6.03. The summed E-state index contributed by atoms with van der Waals surface area (Å²) in [7, 11) is 0. The number of aliphatic hydroxyl groups excluding tert-OH is 1. The molecule has 1 aliphatic heterocycles. The lowest BCUT2D eigenvalue weighted by molar-refractivity contribution is 0.173. The first-order chi connectivity index (χ1) is 10.6. The molecule has 120 valence electrons. The van der Waals surface area contributed by atoms with Gasteiger partial charge in [-0.2, -0.15) is 0 Å². The predicted octanol–water partition coefficient (Wildman–Crippen LogP) is 3.32. The van der Waals surface area contributed by atoms with Gasteiger partial charge < -0.3 is 9.52 Å². The minimum atomic E-state index is 0.255. The number of oxazole rings is 1. The predicted molar refractivity (Wildman–Crippen MR) is 91.2 cm³/mol. The molecule has 1 N–H and O–H groups in total. The van der Waals surface area contributed by atoms with Crippen LogP contribution in [0.3, 0.4) is 0 Å². The van der Waals surface area contributed by atoms with Crippen LogP contribution in [-0.4, -0.2) is 40.7 Å². The molecule has 4 nitrogen and oxygen atoms in total. The molecule has 0 radical (unpaired) electrons. The van der Waals surface area contributed by atoms with Crippen molar-refractivity contribution in [2.75, 3.05) is 19.7 Å². The molecular formula is C17H23BrN2O2. The first kappa shape index (κ1) is 16.0. The highest BCUT2D eigenvalue weighted by Crippen LogP contribution is 2.33. The Morgan fingerprint density at radius 3 is 2.91 bits per heavy atom. The normalized spacial score (nSPS) is 17.5. The summed E-state index contributed by atoms with van der Waals surface area (Å²) in [6, 6.07) is 2.61. The molecule has 22 heavy (non-hydrogen) atoms. The van der Waals surface area contributed by atoms with E-state index in [9.17, 15) is 0 Å². The van der Waals surface area contributed by atoms with E-state index in [0.29, 0.717) is 6.04 Å². The Balaban J connectivity index is 1.91. The Hall–Kier alpha value is -0.910. The molecule has 1 aromatic heterocycles. The van der Waals surface area contributed by atoms with Crippen LogP contribution in [0.25, 0.3) is 11.1 Å². The molecule has 1 atom stereocenters. The van der Waals surface area contributed by atoms with Crippen molar-refractivity contribution < 1.29 is 9.52 Å². The zero-order valence-corrected chi connectivity index (χ0v) is 14.8. The number of fused-ring (bicyclic) bond motifs is 2. The van der Waals surface area contributed by atoms with Gasteiger partial charge in [-0.3, -0.25) is 4.90 Å². The van der Waals surface area contributed by atoms with Crippen LogP contribution in [0.15, 0.2) is 15.0 Å². The quantitative estimate of drug-likeness (QED) is 0.901. The number of hydrogen-bond acceptors (Lipinski definition) is 4. The molecule has 0 saturated carbocycles. The molecular weight excluding hydrogens is 344 g/mol. The molecule has 2 aromatic rings. The topological polar surface area (TPSA) is 49.5 Å². The lowest BCUT2D eigenvalue weighted by atomic mass is 10.0. The maximum Gasteiger partial charge on any atom is 0.195 e.